The quantitative estimate of drug-likeness (QED) is 0.201. The van der Waals surface area contributed by atoms with Crippen LogP contribution in [0.15, 0.2) is 48.5 Å². The van der Waals surface area contributed by atoms with E-state index in [1.807, 2.05) is 18.2 Å². The molecule has 0 saturated carbocycles. The Morgan fingerprint density at radius 2 is 1.67 bits per heavy atom. The molecule has 0 amide bonds. The van der Waals surface area contributed by atoms with Gasteiger partial charge in [0, 0.05) is 17.2 Å². The number of carbonyl (C=O) groups is 1. The molecular weight excluding hydrogens is 332 g/mol. The van der Waals surface area contributed by atoms with E-state index in [0.29, 0.717) is 12.2 Å². The van der Waals surface area contributed by atoms with E-state index >= 15 is 0 Å². The first kappa shape index (κ1) is 19.4. The zero-order chi connectivity index (χ0) is 19.4. The van der Waals surface area contributed by atoms with Gasteiger partial charge in [0.15, 0.2) is 0 Å². The summed E-state index contributed by atoms with van der Waals surface area (Å²) in [5.74, 6) is 0.585. The molecule has 0 saturated heterocycles. The number of hydrogen-bond acceptors (Lipinski definition) is 2. The van der Waals surface area contributed by atoms with Gasteiger partial charge in [0.2, 0.25) is 0 Å². The first-order chi connectivity index (χ1) is 12.9. The molecule has 0 fully saturated rings. The molecule has 0 aliphatic carbocycles. The molecule has 0 atom stereocenters. The number of ether oxygens (including phenoxy) is 1. The maximum atomic E-state index is 12.6. The Morgan fingerprint density at radius 3 is 2.41 bits per heavy atom. The Kier molecular flexibility index (Phi) is 5.84. The summed E-state index contributed by atoms with van der Waals surface area (Å²) in [5.41, 5.74) is 1.17. The van der Waals surface area contributed by atoms with Crippen LogP contribution in [0.2, 0.25) is 0 Å². The van der Waals surface area contributed by atoms with Crippen LogP contribution in [0, 0.1) is 0 Å². The highest BCUT2D eigenvalue weighted by atomic mass is 16.5. The first-order valence-electron chi connectivity index (χ1n) is 10.1. The van der Waals surface area contributed by atoms with Crippen LogP contribution in [0.25, 0.3) is 21.5 Å². The summed E-state index contributed by atoms with van der Waals surface area (Å²) in [6, 6.07) is 16.7. The van der Waals surface area contributed by atoms with Crippen LogP contribution in [0.1, 0.15) is 65.4 Å². The number of unbranched alkanes of at least 4 members (excludes halogenated alkanes) is 3. The SMILES string of the molecule is CCCCCCC(=O)Oc1c2ccccc2cc2cccc(C(C)(C)C)c12. The molecule has 2 heteroatoms. The van der Waals surface area contributed by atoms with E-state index in [4.69, 9.17) is 4.74 Å². The maximum absolute atomic E-state index is 12.6. The third-order valence-corrected chi connectivity index (χ3v) is 5.10. The molecule has 0 bridgehead atoms. The van der Waals surface area contributed by atoms with Crippen molar-refractivity contribution in [3.63, 3.8) is 0 Å². The van der Waals surface area contributed by atoms with Crippen LogP contribution in [0.5, 0.6) is 5.75 Å². The Bertz CT molecular complexity index is 948. The zero-order valence-electron chi connectivity index (χ0n) is 17.0. The van der Waals surface area contributed by atoms with Crippen molar-refractivity contribution in [2.45, 2.75) is 65.2 Å². The molecule has 142 valence electrons. The van der Waals surface area contributed by atoms with E-state index in [1.54, 1.807) is 0 Å². The van der Waals surface area contributed by atoms with Crippen LogP contribution >= 0.6 is 0 Å². The van der Waals surface area contributed by atoms with Crippen LogP contribution in [0.4, 0.5) is 0 Å². The molecule has 0 spiro atoms. The minimum absolute atomic E-state index is 0.0374. The summed E-state index contributed by atoms with van der Waals surface area (Å²) in [4.78, 5) is 12.6. The fourth-order valence-electron chi connectivity index (χ4n) is 3.67. The van der Waals surface area contributed by atoms with E-state index in [0.717, 1.165) is 40.8 Å². The molecule has 3 aromatic rings. The van der Waals surface area contributed by atoms with E-state index in [-0.39, 0.29) is 11.4 Å². The van der Waals surface area contributed by atoms with E-state index < -0.39 is 0 Å². The predicted molar refractivity (Wildman–Crippen MR) is 115 cm³/mol. The number of esters is 1. The highest BCUT2D eigenvalue weighted by molar-refractivity contribution is 6.08. The van der Waals surface area contributed by atoms with Crippen molar-refractivity contribution in [1.82, 2.24) is 0 Å². The standard InChI is InChI=1S/C25H30O2/c1-5-6-7-8-16-22(26)27-24-20-14-10-9-12-18(20)17-19-13-11-15-21(23(19)24)25(2,3)4/h9-15,17H,5-8,16H2,1-4H3. The smallest absolute Gasteiger partial charge is 0.311 e. The van der Waals surface area contributed by atoms with Gasteiger partial charge in [-0.1, -0.05) is 89.4 Å². The van der Waals surface area contributed by atoms with Gasteiger partial charge in [0.05, 0.1) is 0 Å². The summed E-state index contributed by atoms with van der Waals surface area (Å²) in [5, 5.41) is 4.29. The average molecular weight is 363 g/mol. The Labute approximate surface area is 162 Å². The largest absolute Gasteiger partial charge is 0.425 e. The summed E-state index contributed by atoms with van der Waals surface area (Å²) >= 11 is 0. The topological polar surface area (TPSA) is 26.3 Å². The van der Waals surface area contributed by atoms with Crippen LogP contribution in [-0.4, -0.2) is 5.97 Å². The minimum atomic E-state index is -0.132. The van der Waals surface area contributed by atoms with E-state index in [2.05, 4.69) is 58.0 Å². The predicted octanol–water partition coefficient (Wildman–Crippen LogP) is 7.17. The second kappa shape index (κ2) is 8.12. The Hall–Kier alpha value is -2.35. The van der Waals surface area contributed by atoms with Crippen LogP contribution in [-0.2, 0) is 10.2 Å². The van der Waals surface area contributed by atoms with Crippen molar-refractivity contribution in [3.05, 3.63) is 54.1 Å². The number of benzene rings is 3. The molecule has 2 nitrogen and oxygen atoms in total. The van der Waals surface area contributed by atoms with Crippen molar-refractivity contribution >= 4 is 27.5 Å². The van der Waals surface area contributed by atoms with Crippen molar-refractivity contribution in [2.75, 3.05) is 0 Å². The molecule has 3 aromatic carbocycles. The van der Waals surface area contributed by atoms with Crippen LogP contribution < -0.4 is 4.74 Å². The van der Waals surface area contributed by atoms with E-state index in [1.165, 1.54) is 12.0 Å². The normalized spacial score (nSPS) is 11.9. The lowest BCUT2D eigenvalue weighted by atomic mass is 9.82. The van der Waals surface area contributed by atoms with Crippen molar-refractivity contribution in [2.24, 2.45) is 0 Å². The second-order valence-electron chi connectivity index (χ2n) is 8.37. The lowest BCUT2D eigenvalue weighted by molar-refractivity contribution is -0.134. The highest BCUT2D eigenvalue weighted by Gasteiger charge is 2.22. The summed E-state index contributed by atoms with van der Waals surface area (Å²) in [6.45, 7) is 8.78. The van der Waals surface area contributed by atoms with Gasteiger partial charge in [-0.2, -0.15) is 0 Å². The van der Waals surface area contributed by atoms with Gasteiger partial charge in [-0.3, -0.25) is 4.79 Å². The molecule has 27 heavy (non-hydrogen) atoms. The molecule has 0 heterocycles. The number of fused-ring (bicyclic) bond motifs is 2. The minimum Gasteiger partial charge on any atom is -0.425 e. The summed E-state index contributed by atoms with van der Waals surface area (Å²) < 4.78 is 6.02. The monoisotopic (exact) mass is 362 g/mol. The van der Waals surface area contributed by atoms with Gasteiger partial charge < -0.3 is 4.74 Å². The number of hydrogen-bond donors (Lipinski definition) is 0. The Morgan fingerprint density at radius 1 is 0.926 bits per heavy atom. The van der Waals surface area contributed by atoms with Gasteiger partial charge in [0.25, 0.3) is 0 Å². The molecule has 0 aliphatic heterocycles. The number of carbonyl (C=O) groups excluding carboxylic acids is 1. The van der Waals surface area contributed by atoms with Gasteiger partial charge in [-0.15, -0.1) is 0 Å². The Balaban J connectivity index is 2.10. The molecular formula is C25H30O2. The van der Waals surface area contributed by atoms with Crippen molar-refractivity contribution < 1.29 is 9.53 Å². The molecule has 0 aliphatic rings. The molecule has 0 unspecified atom stereocenters. The zero-order valence-corrected chi connectivity index (χ0v) is 17.0. The van der Waals surface area contributed by atoms with Gasteiger partial charge >= 0.3 is 5.97 Å². The lowest BCUT2D eigenvalue weighted by Gasteiger charge is -2.23. The summed E-state index contributed by atoms with van der Waals surface area (Å²) in [7, 11) is 0. The van der Waals surface area contributed by atoms with Crippen molar-refractivity contribution in [3.8, 4) is 5.75 Å². The number of rotatable bonds is 6. The molecule has 0 N–H and O–H groups in total. The summed E-state index contributed by atoms with van der Waals surface area (Å²) in [6.07, 6.45) is 4.77. The fourth-order valence-corrected chi connectivity index (χ4v) is 3.67. The fraction of sp³-hybridized carbons (Fsp3) is 0.400. The maximum Gasteiger partial charge on any atom is 0.311 e. The van der Waals surface area contributed by atoms with Gasteiger partial charge in [0.1, 0.15) is 5.75 Å². The third-order valence-electron chi connectivity index (χ3n) is 5.10. The van der Waals surface area contributed by atoms with Crippen LogP contribution in [0.3, 0.4) is 0 Å². The second-order valence-corrected chi connectivity index (χ2v) is 8.37. The first-order valence-corrected chi connectivity index (χ1v) is 10.1. The third kappa shape index (κ3) is 4.32. The highest BCUT2D eigenvalue weighted by Crippen LogP contribution is 2.41. The molecule has 0 aromatic heterocycles. The molecule has 3 rings (SSSR count). The van der Waals surface area contributed by atoms with Gasteiger partial charge in [-0.05, 0) is 34.2 Å². The van der Waals surface area contributed by atoms with Crippen molar-refractivity contribution in [1.29, 1.82) is 0 Å². The van der Waals surface area contributed by atoms with E-state index in [9.17, 15) is 4.79 Å². The van der Waals surface area contributed by atoms with Gasteiger partial charge in [-0.25, -0.2) is 0 Å². The molecule has 0 radical (unpaired) electrons. The average Bonchev–Trinajstić information content (AvgIpc) is 2.64. The lowest BCUT2D eigenvalue weighted by Crippen LogP contribution is -2.14.